The highest BCUT2D eigenvalue weighted by Gasteiger charge is 2.26. The summed E-state index contributed by atoms with van der Waals surface area (Å²) in [6.07, 6.45) is 17.9. The summed E-state index contributed by atoms with van der Waals surface area (Å²) in [5, 5.41) is 12.5. The fraction of sp³-hybridized carbons (Fsp3) is 0.0385. The van der Waals surface area contributed by atoms with Crippen LogP contribution in [0.3, 0.4) is 0 Å². The zero-order chi connectivity index (χ0) is 37.0. The molecule has 0 amide bonds. The van der Waals surface area contributed by atoms with E-state index in [2.05, 4.69) is 227 Å². The van der Waals surface area contributed by atoms with Gasteiger partial charge in [-0.15, -0.1) is 0 Å². The molecule has 266 valence electrons. The average molecular weight is 719 g/mol. The third-order valence-electron chi connectivity index (χ3n) is 11.4. The third-order valence-corrected chi connectivity index (χ3v) is 11.4. The lowest BCUT2D eigenvalue weighted by Gasteiger charge is -2.24. The van der Waals surface area contributed by atoms with Gasteiger partial charge in [-0.25, -0.2) is 0 Å². The number of allylic oxidation sites excluding steroid dienone is 4. The number of hydrogen-bond donors (Lipinski definition) is 2. The van der Waals surface area contributed by atoms with Gasteiger partial charge in [0.2, 0.25) is 0 Å². The fourth-order valence-corrected chi connectivity index (χ4v) is 8.66. The molecule has 2 unspecified atom stereocenters. The predicted molar refractivity (Wildman–Crippen MR) is 233 cm³/mol. The van der Waals surface area contributed by atoms with Crippen LogP contribution in [0, 0.1) is 0 Å². The second-order valence-electron chi connectivity index (χ2n) is 14.8. The minimum atomic E-state index is 0.0926. The SMILES string of the molecule is C1=CN2C=C(c3ccc(-c4c5ccccc5c(-c5ccc(C6=CN7C=CC(c8ccccc8)=CC7N6)cc5)c5ccccc45)cc3)NC2C=C1c1ccccc1. The average Bonchev–Trinajstić information content (AvgIpc) is 3.91. The number of nitrogens with one attached hydrogen (secondary N) is 2. The smallest absolute Gasteiger partial charge is 0.123 e. The van der Waals surface area contributed by atoms with Crippen LogP contribution < -0.4 is 10.6 Å². The summed E-state index contributed by atoms with van der Waals surface area (Å²) in [6.45, 7) is 0. The zero-order valence-electron chi connectivity index (χ0n) is 30.7. The van der Waals surface area contributed by atoms with Crippen LogP contribution in [0.25, 0.3) is 66.3 Å². The molecular formula is C52H38N4. The van der Waals surface area contributed by atoms with Crippen molar-refractivity contribution < 1.29 is 0 Å². The maximum Gasteiger partial charge on any atom is 0.123 e. The Bertz CT molecular complexity index is 2590. The Morgan fingerprint density at radius 2 is 0.679 bits per heavy atom. The van der Waals surface area contributed by atoms with E-state index in [4.69, 9.17) is 0 Å². The van der Waals surface area contributed by atoms with Crippen molar-refractivity contribution >= 4 is 44.1 Å². The normalized spacial score (nSPS) is 18.1. The van der Waals surface area contributed by atoms with Gasteiger partial charge in [0.1, 0.15) is 12.3 Å². The summed E-state index contributed by atoms with van der Waals surface area (Å²) < 4.78 is 0. The molecule has 7 aromatic rings. The summed E-state index contributed by atoms with van der Waals surface area (Å²) in [6, 6.07) is 57.0. The number of benzene rings is 7. The molecule has 0 saturated heterocycles. The van der Waals surface area contributed by atoms with Crippen molar-refractivity contribution in [3.05, 3.63) is 229 Å². The molecule has 0 aromatic heterocycles. The molecule has 4 heterocycles. The van der Waals surface area contributed by atoms with Crippen LogP contribution >= 0.6 is 0 Å². The first-order valence-electron chi connectivity index (χ1n) is 19.3. The van der Waals surface area contributed by atoms with Gasteiger partial charge in [-0.1, -0.05) is 158 Å². The molecule has 2 atom stereocenters. The maximum atomic E-state index is 3.74. The second kappa shape index (κ2) is 13.2. The van der Waals surface area contributed by atoms with Crippen LogP contribution in [-0.2, 0) is 0 Å². The molecule has 0 radical (unpaired) electrons. The summed E-state index contributed by atoms with van der Waals surface area (Å²) in [4.78, 5) is 4.48. The van der Waals surface area contributed by atoms with Gasteiger partial charge in [-0.05, 0) is 102 Å². The van der Waals surface area contributed by atoms with E-state index in [0.29, 0.717) is 0 Å². The molecule has 0 bridgehead atoms. The topological polar surface area (TPSA) is 30.5 Å². The van der Waals surface area contributed by atoms with Crippen LogP contribution in [0.1, 0.15) is 22.3 Å². The Morgan fingerprint density at radius 1 is 0.339 bits per heavy atom. The summed E-state index contributed by atoms with van der Waals surface area (Å²) >= 11 is 0. The van der Waals surface area contributed by atoms with Gasteiger partial charge >= 0.3 is 0 Å². The minimum absolute atomic E-state index is 0.0926. The van der Waals surface area contributed by atoms with Crippen molar-refractivity contribution in [1.29, 1.82) is 0 Å². The Kier molecular flexibility index (Phi) is 7.59. The van der Waals surface area contributed by atoms with Crippen molar-refractivity contribution in [3.8, 4) is 22.3 Å². The van der Waals surface area contributed by atoms with E-state index in [9.17, 15) is 0 Å². The first-order valence-corrected chi connectivity index (χ1v) is 19.3. The van der Waals surface area contributed by atoms with Crippen LogP contribution in [0.15, 0.2) is 207 Å². The molecular weight excluding hydrogens is 681 g/mol. The number of hydrogen-bond acceptors (Lipinski definition) is 4. The molecule has 4 heteroatoms. The minimum Gasteiger partial charge on any atom is -0.360 e. The molecule has 0 aliphatic carbocycles. The van der Waals surface area contributed by atoms with E-state index in [1.54, 1.807) is 0 Å². The number of rotatable bonds is 6. The highest BCUT2D eigenvalue weighted by Crippen LogP contribution is 2.44. The monoisotopic (exact) mass is 718 g/mol. The van der Waals surface area contributed by atoms with Gasteiger partial charge in [0.15, 0.2) is 0 Å². The fourth-order valence-electron chi connectivity index (χ4n) is 8.66. The molecule has 7 aromatic carbocycles. The predicted octanol–water partition coefficient (Wildman–Crippen LogP) is 11.6. The quantitative estimate of drug-likeness (QED) is 0.168. The molecule has 4 nitrogen and oxygen atoms in total. The van der Waals surface area contributed by atoms with E-state index in [0.717, 1.165) is 11.4 Å². The van der Waals surface area contributed by atoms with Crippen molar-refractivity contribution in [3.63, 3.8) is 0 Å². The zero-order valence-corrected chi connectivity index (χ0v) is 30.7. The van der Waals surface area contributed by atoms with E-state index < -0.39 is 0 Å². The van der Waals surface area contributed by atoms with E-state index in [1.165, 1.54) is 77.2 Å². The molecule has 11 rings (SSSR count). The molecule has 0 spiro atoms. The first kappa shape index (κ1) is 32.2. The molecule has 0 saturated carbocycles. The van der Waals surface area contributed by atoms with Crippen LogP contribution in [-0.4, -0.2) is 22.1 Å². The highest BCUT2D eigenvalue weighted by molar-refractivity contribution is 6.21. The Balaban J connectivity index is 0.898. The van der Waals surface area contributed by atoms with Crippen LogP contribution in [0.4, 0.5) is 0 Å². The van der Waals surface area contributed by atoms with Gasteiger partial charge in [-0.2, -0.15) is 0 Å². The van der Waals surface area contributed by atoms with Crippen molar-refractivity contribution in [1.82, 2.24) is 20.4 Å². The van der Waals surface area contributed by atoms with Crippen LogP contribution in [0.5, 0.6) is 0 Å². The summed E-state index contributed by atoms with van der Waals surface area (Å²) in [5.74, 6) is 0. The van der Waals surface area contributed by atoms with Gasteiger partial charge in [-0.3, -0.25) is 0 Å². The number of nitrogens with zero attached hydrogens (tertiary/aromatic N) is 2. The standard InChI is InChI=1S/C52H38N4/c1-3-11-35(12-4-1)41-27-29-55-33-47(53-49(55)31-41)37-19-23-39(24-20-37)51-43-15-7-9-17-45(43)52(46-18-10-8-16-44(46)51)40-25-21-38(22-26-40)48-34-56-30-28-42(32-50(56)54-48)36-13-5-2-6-14-36/h1-34,49-50,53-54H. The summed E-state index contributed by atoms with van der Waals surface area (Å²) in [7, 11) is 0. The largest absolute Gasteiger partial charge is 0.360 e. The first-order chi connectivity index (χ1) is 27.7. The molecule has 4 aliphatic heterocycles. The second-order valence-corrected chi connectivity index (χ2v) is 14.8. The Hall–Kier alpha value is -7.30. The highest BCUT2D eigenvalue weighted by atomic mass is 15.3. The lowest BCUT2D eigenvalue weighted by atomic mass is 9.85. The van der Waals surface area contributed by atoms with Crippen molar-refractivity contribution in [2.24, 2.45) is 0 Å². The van der Waals surface area contributed by atoms with Crippen LogP contribution in [0.2, 0.25) is 0 Å². The van der Waals surface area contributed by atoms with Gasteiger partial charge < -0.3 is 20.4 Å². The van der Waals surface area contributed by atoms with E-state index >= 15 is 0 Å². The Labute approximate surface area is 327 Å². The Morgan fingerprint density at radius 3 is 1.05 bits per heavy atom. The van der Waals surface area contributed by atoms with Gasteiger partial charge in [0.05, 0.1) is 11.4 Å². The summed E-state index contributed by atoms with van der Waals surface area (Å²) in [5.41, 5.74) is 14.4. The lowest BCUT2D eigenvalue weighted by molar-refractivity contribution is 0.429. The molecule has 4 aliphatic rings. The maximum absolute atomic E-state index is 3.74. The molecule has 0 fully saturated rings. The molecule has 2 N–H and O–H groups in total. The van der Waals surface area contributed by atoms with Gasteiger partial charge in [0, 0.05) is 24.8 Å². The van der Waals surface area contributed by atoms with Crippen molar-refractivity contribution in [2.75, 3.05) is 0 Å². The van der Waals surface area contributed by atoms with Crippen molar-refractivity contribution in [2.45, 2.75) is 12.3 Å². The molecule has 56 heavy (non-hydrogen) atoms. The number of fused-ring (bicyclic) bond motifs is 4. The third kappa shape index (κ3) is 5.54. The van der Waals surface area contributed by atoms with Gasteiger partial charge in [0.25, 0.3) is 0 Å². The lowest BCUT2D eigenvalue weighted by Crippen LogP contribution is -2.32. The van der Waals surface area contributed by atoms with E-state index in [1.807, 2.05) is 0 Å². The van der Waals surface area contributed by atoms with E-state index in [-0.39, 0.29) is 12.3 Å².